The molecule has 0 unspecified atom stereocenters. The van der Waals surface area contributed by atoms with Crippen LogP contribution in [0.4, 0.5) is 17.2 Å². The summed E-state index contributed by atoms with van der Waals surface area (Å²) in [5.41, 5.74) is 2.46. The molecule has 0 aliphatic heterocycles. The number of nitrogens with one attached hydrogen (secondary N) is 2. The number of aromatic nitrogens is 3. The molecule has 1 aliphatic carbocycles. The first kappa shape index (κ1) is 17.8. The molecule has 1 saturated carbocycles. The van der Waals surface area contributed by atoms with Gasteiger partial charge in [0.15, 0.2) is 0 Å². The van der Waals surface area contributed by atoms with E-state index in [-0.39, 0.29) is 17.4 Å². The van der Waals surface area contributed by atoms with Crippen molar-refractivity contribution in [3.63, 3.8) is 0 Å². The summed E-state index contributed by atoms with van der Waals surface area (Å²) in [6, 6.07) is 3.39. The number of rotatable bonds is 6. The van der Waals surface area contributed by atoms with Gasteiger partial charge in [0, 0.05) is 24.4 Å². The fourth-order valence-electron chi connectivity index (χ4n) is 3.01. The molecule has 9 heteroatoms. The number of carbonyl (C=O) groups is 2. The van der Waals surface area contributed by atoms with Gasteiger partial charge in [0.2, 0.25) is 5.91 Å². The van der Waals surface area contributed by atoms with Gasteiger partial charge in [-0.3, -0.25) is 4.79 Å². The Balaban J connectivity index is 1.74. The zero-order valence-electron chi connectivity index (χ0n) is 15.4. The highest BCUT2D eigenvalue weighted by atomic mass is 16.5. The maximum Gasteiger partial charge on any atom is 0.339 e. The Hall–Kier alpha value is -3.62. The second-order valence-electron chi connectivity index (χ2n) is 6.69. The molecule has 28 heavy (non-hydrogen) atoms. The third kappa shape index (κ3) is 3.22. The lowest BCUT2D eigenvalue weighted by atomic mass is 10.2. The largest absolute Gasteiger partial charge is 0.494 e. The van der Waals surface area contributed by atoms with Crippen molar-refractivity contribution in [3.8, 4) is 5.75 Å². The smallest absolute Gasteiger partial charge is 0.339 e. The van der Waals surface area contributed by atoms with Crippen molar-refractivity contribution in [3.05, 3.63) is 41.9 Å². The fraction of sp³-hybridized carbons (Fsp3) is 0.263. The predicted molar refractivity (Wildman–Crippen MR) is 102 cm³/mol. The van der Waals surface area contributed by atoms with Gasteiger partial charge in [-0.2, -0.15) is 5.10 Å². The average Bonchev–Trinajstić information content (AvgIpc) is 3.44. The summed E-state index contributed by atoms with van der Waals surface area (Å²) in [5.74, 6) is -0.284. The lowest BCUT2D eigenvalue weighted by Crippen LogP contribution is -2.15. The number of aromatic carboxylic acids is 1. The lowest BCUT2D eigenvalue weighted by Gasteiger charge is -2.13. The third-order valence-corrected chi connectivity index (χ3v) is 4.64. The maximum absolute atomic E-state index is 12.0. The molecule has 0 spiro atoms. The predicted octanol–water partition coefficient (Wildman–Crippen LogP) is 2.84. The van der Waals surface area contributed by atoms with Gasteiger partial charge < -0.3 is 20.5 Å². The highest BCUT2D eigenvalue weighted by Crippen LogP contribution is 2.34. The summed E-state index contributed by atoms with van der Waals surface area (Å²) in [7, 11) is 1.57. The molecular weight excluding hydrogens is 362 g/mol. The number of hydrogen-bond donors (Lipinski definition) is 3. The molecule has 1 amide bonds. The average molecular weight is 381 g/mol. The van der Waals surface area contributed by atoms with Crippen LogP contribution in [0.2, 0.25) is 0 Å². The minimum Gasteiger partial charge on any atom is -0.494 e. The second-order valence-corrected chi connectivity index (χ2v) is 6.69. The van der Waals surface area contributed by atoms with Crippen molar-refractivity contribution < 1.29 is 19.4 Å². The Bertz CT molecular complexity index is 1090. The highest BCUT2D eigenvalue weighted by molar-refractivity contribution is 5.98. The molecule has 0 saturated heterocycles. The third-order valence-electron chi connectivity index (χ3n) is 4.64. The summed E-state index contributed by atoms with van der Waals surface area (Å²) in [6.07, 6.45) is 6.34. The van der Waals surface area contributed by atoms with E-state index in [0.717, 1.165) is 18.4 Å². The van der Waals surface area contributed by atoms with E-state index in [2.05, 4.69) is 20.7 Å². The van der Waals surface area contributed by atoms with Gasteiger partial charge in [-0.1, -0.05) is 0 Å². The van der Waals surface area contributed by atoms with Crippen LogP contribution >= 0.6 is 0 Å². The van der Waals surface area contributed by atoms with Crippen molar-refractivity contribution in [2.45, 2.75) is 19.8 Å². The number of nitrogens with zero attached hydrogens (tertiary/aromatic N) is 3. The minimum atomic E-state index is -1.13. The molecule has 1 aliphatic rings. The highest BCUT2D eigenvalue weighted by Gasteiger charge is 2.30. The molecule has 3 N–H and O–H groups in total. The number of hydrogen-bond acceptors (Lipinski definition) is 6. The number of amides is 1. The number of carboxylic acids is 1. The summed E-state index contributed by atoms with van der Waals surface area (Å²) >= 11 is 0. The topological polar surface area (TPSA) is 118 Å². The van der Waals surface area contributed by atoms with Crippen LogP contribution in [0, 0.1) is 12.8 Å². The first-order chi connectivity index (χ1) is 13.5. The Morgan fingerprint density at radius 3 is 2.75 bits per heavy atom. The molecule has 3 aromatic rings. The van der Waals surface area contributed by atoms with E-state index in [1.807, 2.05) is 13.0 Å². The van der Waals surface area contributed by atoms with Crippen LogP contribution in [0.3, 0.4) is 0 Å². The summed E-state index contributed by atoms with van der Waals surface area (Å²) in [4.78, 5) is 27.7. The summed E-state index contributed by atoms with van der Waals surface area (Å²) in [5, 5.41) is 19.6. The van der Waals surface area contributed by atoms with E-state index in [1.54, 1.807) is 24.0 Å². The van der Waals surface area contributed by atoms with Gasteiger partial charge in [-0.05, 0) is 31.4 Å². The van der Waals surface area contributed by atoms with Crippen LogP contribution in [0.5, 0.6) is 5.75 Å². The van der Waals surface area contributed by atoms with E-state index in [1.165, 1.54) is 12.3 Å². The van der Waals surface area contributed by atoms with Crippen molar-refractivity contribution >= 4 is 34.6 Å². The first-order valence-electron chi connectivity index (χ1n) is 8.80. The Morgan fingerprint density at radius 1 is 1.29 bits per heavy atom. The number of carboxylic acid groups (broad SMARTS) is 1. The number of aryl methyl sites for hydroxylation is 1. The van der Waals surface area contributed by atoms with Crippen LogP contribution in [-0.4, -0.2) is 38.7 Å². The fourth-order valence-corrected chi connectivity index (χ4v) is 3.01. The second kappa shape index (κ2) is 6.84. The Morgan fingerprint density at radius 2 is 2.07 bits per heavy atom. The summed E-state index contributed by atoms with van der Waals surface area (Å²) < 4.78 is 7.14. The molecule has 0 radical (unpaired) electrons. The molecule has 3 aromatic heterocycles. The van der Waals surface area contributed by atoms with E-state index in [4.69, 9.17) is 4.74 Å². The van der Waals surface area contributed by atoms with Crippen molar-refractivity contribution in [2.24, 2.45) is 5.92 Å². The van der Waals surface area contributed by atoms with E-state index < -0.39 is 5.97 Å². The van der Waals surface area contributed by atoms with Gasteiger partial charge in [0.05, 0.1) is 24.7 Å². The molecule has 144 valence electrons. The van der Waals surface area contributed by atoms with Crippen molar-refractivity contribution in [1.29, 1.82) is 0 Å². The molecule has 0 aromatic carbocycles. The SMILES string of the molecule is COc1c(C)ccn2ncc(Nc3cc(NC(=O)C4CC4)ncc3C(=O)O)c12. The number of carbonyl (C=O) groups excluding carboxylic acids is 1. The monoisotopic (exact) mass is 381 g/mol. The molecule has 4 rings (SSSR count). The van der Waals surface area contributed by atoms with Gasteiger partial charge in [-0.15, -0.1) is 0 Å². The number of anilines is 3. The molecule has 0 bridgehead atoms. The van der Waals surface area contributed by atoms with Crippen LogP contribution < -0.4 is 15.4 Å². The van der Waals surface area contributed by atoms with E-state index >= 15 is 0 Å². The van der Waals surface area contributed by atoms with Gasteiger partial charge >= 0.3 is 5.97 Å². The van der Waals surface area contributed by atoms with E-state index in [9.17, 15) is 14.7 Å². The maximum atomic E-state index is 12.0. The van der Waals surface area contributed by atoms with E-state index in [0.29, 0.717) is 28.5 Å². The number of ether oxygens (including phenoxy) is 1. The minimum absolute atomic E-state index is 0.0178. The van der Waals surface area contributed by atoms with Crippen LogP contribution in [0.1, 0.15) is 28.8 Å². The Kier molecular flexibility index (Phi) is 4.34. The van der Waals surface area contributed by atoms with Gasteiger partial charge in [0.25, 0.3) is 0 Å². The van der Waals surface area contributed by atoms with Crippen molar-refractivity contribution in [2.75, 3.05) is 17.7 Å². The standard InChI is InChI=1S/C19H19N5O4/c1-10-5-6-24-16(17(10)28-2)14(9-21-24)22-13-7-15(20-8-12(13)19(26)27)23-18(25)11-3-4-11/h5-9,11H,3-4H2,1-2H3,(H,26,27)(H2,20,22,23,25). The Labute approximate surface area is 160 Å². The lowest BCUT2D eigenvalue weighted by molar-refractivity contribution is -0.117. The molecule has 0 atom stereocenters. The quantitative estimate of drug-likeness (QED) is 0.601. The van der Waals surface area contributed by atoms with Gasteiger partial charge in [-0.25, -0.2) is 14.3 Å². The van der Waals surface area contributed by atoms with Gasteiger partial charge in [0.1, 0.15) is 22.6 Å². The zero-order chi connectivity index (χ0) is 19.8. The zero-order valence-corrected chi connectivity index (χ0v) is 15.4. The van der Waals surface area contributed by atoms with Crippen LogP contribution in [-0.2, 0) is 4.79 Å². The van der Waals surface area contributed by atoms with Crippen LogP contribution in [0.15, 0.2) is 30.7 Å². The number of pyridine rings is 2. The molecule has 1 fully saturated rings. The first-order valence-corrected chi connectivity index (χ1v) is 8.80. The number of fused-ring (bicyclic) bond motifs is 1. The summed E-state index contributed by atoms with van der Waals surface area (Å²) in [6.45, 7) is 1.91. The molecular formula is C19H19N5O4. The normalized spacial score (nSPS) is 13.4. The number of methoxy groups -OCH3 is 1. The molecule has 3 heterocycles. The molecule has 9 nitrogen and oxygen atoms in total. The van der Waals surface area contributed by atoms with Crippen molar-refractivity contribution in [1.82, 2.24) is 14.6 Å². The van der Waals surface area contributed by atoms with Crippen LogP contribution in [0.25, 0.3) is 5.52 Å².